The van der Waals surface area contributed by atoms with Gasteiger partial charge in [0.2, 0.25) is 5.88 Å². The summed E-state index contributed by atoms with van der Waals surface area (Å²) in [5, 5.41) is 3.29. The van der Waals surface area contributed by atoms with E-state index in [0.717, 1.165) is 12.0 Å². The molecule has 0 amide bonds. The number of alkyl halides is 2. The molecule has 0 spiro atoms. The number of ether oxygens (including phenoxy) is 1. The average Bonchev–Trinajstić information content (AvgIpc) is 2.38. The summed E-state index contributed by atoms with van der Waals surface area (Å²) >= 11 is 12.0. The molecule has 1 aromatic heterocycles. The molecule has 0 unspecified atom stereocenters. The minimum Gasteiger partial charge on any atom is -0.481 e. The first-order chi connectivity index (χ1) is 8.12. The SMILES string of the molecule is CCC(CCl)(CCl)Nc1ncnc(OC)c1C. The summed E-state index contributed by atoms with van der Waals surface area (Å²) in [4.78, 5) is 8.22. The summed E-state index contributed by atoms with van der Waals surface area (Å²) in [5.41, 5.74) is 0.496. The van der Waals surface area contributed by atoms with Gasteiger partial charge in [-0.1, -0.05) is 6.92 Å². The molecular weight excluding hydrogens is 261 g/mol. The average molecular weight is 278 g/mol. The highest BCUT2D eigenvalue weighted by Gasteiger charge is 2.27. The molecule has 1 rings (SSSR count). The van der Waals surface area contributed by atoms with Crippen LogP contribution in [0.4, 0.5) is 5.82 Å². The Balaban J connectivity index is 3.01. The topological polar surface area (TPSA) is 47.0 Å². The Morgan fingerprint density at radius 3 is 2.47 bits per heavy atom. The van der Waals surface area contributed by atoms with E-state index in [1.54, 1.807) is 7.11 Å². The first kappa shape index (κ1) is 14.3. The lowest BCUT2D eigenvalue weighted by molar-refractivity contribution is 0.393. The lowest BCUT2D eigenvalue weighted by atomic mass is 10.0. The third kappa shape index (κ3) is 3.13. The molecule has 0 aliphatic carbocycles. The van der Waals surface area contributed by atoms with Crippen molar-refractivity contribution in [3.8, 4) is 5.88 Å². The van der Waals surface area contributed by atoms with Crippen molar-refractivity contribution in [3.63, 3.8) is 0 Å². The summed E-state index contributed by atoms with van der Waals surface area (Å²) in [6.45, 7) is 3.93. The van der Waals surface area contributed by atoms with E-state index in [1.807, 2.05) is 13.8 Å². The smallest absolute Gasteiger partial charge is 0.221 e. The van der Waals surface area contributed by atoms with E-state index in [4.69, 9.17) is 27.9 Å². The maximum absolute atomic E-state index is 5.98. The number of methoxy groups -OCH3 is 1. The minimum absolute atomic E-state index is 0.354. The number of anilines is 1. The molecule has 0 aliphatic heterocycles. The summed E-state index contributed by atoms with van der Waals surface area (Å²) in [6.07, 6.45) is 2.27. The van der Waals surface area contributed by atoms with Crippen LogP contribution < -0.4 is 10.1 Å². The first-order valence-electron chi connectivity index (χ1n) is 5.38. The van der Waals surface area contributed by atoms with Crippen LogP contribution in [0.25, 0.3) is 0 Å². The Labute approximate surface area is 112 Å². The predicted molar refractivity (Wildman–Crippen MR) is 71.4 cm³/mol. The molecule has 0 bridgehead atoms. The second-order valence-corrected chi connectivity index (χ2v) is 4.42. The Morgan fingerprint density at radius 1 is 1.35 bits per heavy atom. The van der Waals surface area contributed by atoms with Crippen LogP contribution in [0.3, 0.4) is 0 Å². The van der Waals surface area contributed by atoms with Gasteiger partial charge in [0.05, 0.1) is 18.2 Å². The van der Waals surface area contributed by atoms with Gasteiger partial charge in [-0.15, -0.1) is 23.2 Å². The highest BCUT2D eigenvalue weighted by molar-refractivity contribution is 6.22. The van der Waals surface area contributed by atoms with Gasteiger partial charge in [-0.25, -0.2) is 9.97 Å². The van der Waals surface area contributed by atoms with E-state index in [-0.39, 0.29) is 5.54 Å². The standard InChI is InChI=1S/C11H17Cl2N3O/c1-4-11(5-12,6-13)16-9-8(2)10(17-3)15-7-14-9/h7H,4-6H2,1-3H3,(H,14,15,16). The fraction of sp³-hybridized carbons (Fsp3) is 0.636. The molecule has 1 aromatic rings. The predicted octanol–water partition coefficient (Wildman–Crippen LogP) is 2.83. The molecule has 0 saturated carbocycles. The first-order valence-corrected chi connectivity index (χ1v) is 6.45. The Kier molecular flexibility index (Phi) is 5.28. The van der Waals surface area contributed by atoms with E-state index in [9.17, 15) is 0 Å². The van der Waals surface area contributed by atoms with Gasteiger partial charge in [0.1, 0.15) is 12.1 Å². The lowest BCUT2D eigenvalue weighted by Gasteiger charge is -2.30. The molecule has 0 aliphatic rings. The number of nitrogens with one attached hydrogen (secondary N) is 1. The van der Waals surface area contributed by atoms with Crippen LogP contribution in [-0.2, 0) is 0 Å². The van der Waals surface area contributed by atoms with E-state index in [0.29, 0.717) is 23.5 Å². The van der Waals surface area contributed by atoms with E-state index >= 15 is 0 Å². The molecule has 0 fully saturated rings. The van der Waals surface area contributed by atoms with Crippen LogP contribution in [0.15, 0.2) is 6.33 Å². The maximum atomic E-state index is 5.98. The van der Waals surface area contributed by atoms with Crippen molar-refractivity contribution in [1.82, 2.24) is 9.97 Å². The third-order valence-electron chi connectivity index (χ3n) is 2.80. The van der Waals surface area contributed by atoms with Crippen LogP contribution >= 0.6 is 23.2 Å². The molecule has 1 heterocycles. The van der Waals surface area contributed by atoms with Gasteiger partial charge < -0.3 is 10.1 Å². The van der Waals surface area contributed by atoms with Crippen molar-refractivity contribution >= 4 is 29.0 Å². The zero-order valence-corrected chi connectivity index (χ0v) is 11.8. The summed E-state index contributed by atoms with van der Waals surface area (Å²) in [5.74, 6) is 2.09. The zero-order valence-electron chi connectivity index (χ0n) is 10.3. The molecule has 0 atom stereocenters. The Bertz CT molecular complexity index is 361. The van der Waals surface area contributed by atoms with Crippen molar-refractivity contribution in [2.75, 3.05) is 24.2 Å². The van der Waals surface area contributed by atoms with Gasteiger partial charge in [0, 0.05) is 11.8 Å². The molecule has 1 N–H and O–H groups in total. The number of hydrogen-bond acceptors (Lipinski definition) is 4. The van der Waals surface area contributed by atoms with Gasteiger partial charge in [-0.05, 0) is 13.3 Å². The molecule has 4 nitrogen and oxygen atoms in total. The fourth-order valence-corrected chi connectivity index (χ4v) is 2.19. The van der Waals surface area contributed by atoms with E-state index in [2.05, 4.69) is 15.3 Å². The number of rotatable bonds is 6. The summed E-state index contributed by atoms with van der Waals surface area (Å²) < 4.78 is 5.14. The van der Waals surface area contributed by atoms with Gasteiger partial charge in [0.15, 0.2) is 0 Å². The third-order valence-corrected chi connectivity index (χ3v) is 3.83. The minimum atomic E-state index is -0.354. The maximum Gasteiger partial charge on any atom is 0.221 e. The van der Waals surface area contributed by atoms with Crippen molar-refractivity contribution in [1.29, 1.82) is 0 Å². The molecule has 96 valence electrons. The number of halogens is 2. The number of aromatic nitrogens is 2. The molecule has 17 heavy (non-hydrogen) atoms. The van der Waals surface area contributed by atoms with Crippen molar-refractivity contribution in [3.05, 3.63) is 11.9 Å². The Morgan fingerprint density at radius 2 is 2.00 bits per heavy atom. The quantitative estimate of drug-likeness (QED) is 0.813. The lowest BCUT2D eigenvalue weighted by Crippen LogP contribution is -2.42. The van der Waals surface area contributed by atoms with Gasteiger partial charge in [-0.2, -0.15) is 0 Å². The normalized spacial score (nSPS) is 11.4. The second-order valence-electron chi connectivity index (χ2n) is 3.88. The summed E-state index contributed by atoms with van der Waals surface area (Å²) in [7, 11) is 1.58. The van der Waals surface area contributed by atoms with Crippen molar-refractivity contribution in [2.24, 2.45) is 0 Å². The summed E-state index contributed by atoms with van der Waals surface area (Å²) in [6, 6.07) is 0. The zero-order chi connectivity index (χ0) is 12.9. The van der Waals surface area contributed by atoms with Crippen LogP contribution in [-0.4, -0.2) is 34.4 Å². The van der Waals surface area contributed by atoms with Crippen molar-refractivity contribution < 1.29 is 4.74 Å². The van der Waals surface area contributed by atoms with E-state index < -0.39 is 0 Å². The molecule has 0 saturated heterocycles. The monoisotopic (exact) mass is 277 g/mol. The van der Waals surface area contributed by atoms with Gasteiger partial charge in [-0.3, -0.25) is 0 Å². The highest BCUT2D eigenvalue weighted by Crippen LogP contribution is 2.26. The fourth-order valence-electron chi connectivity index (χ4n) is 1.40. The molecule has 6 heteroatoms. The molecule has 0 radical (unpaired) electrons. The van der Waals surface area contributed by atoms with Gasteiger partial charge >= 0.3 is 0 Å². The van der Waals surface area contributed by atoms with Crippen LogP contribution in [0.5, 0.6) is 5.88 Å². The van der Waals surface area contributed by atoms with Gasteiger partial charge in [0.25, 0.3) is 0 Å². The molecule has 0 aromatic carbocycles. The van der Waals surface area contributed by atoms with Crippen LogP contribution in [0.2, 0.25) is 0 Å². The number of hydrogen-bond donors (Lipinski definition) is 1. The van der Waals surface area contributed by atoms with Crippen LogP contribution in [0, 0.1) is 6.92 Å². The molecular formula is C11H17Cl2N3O. The largest absolute Gasteiger partial charge is 0.481 e. The van der Waals surface area contributed by atoms with E-state index in [1.165, 1.54) is 6.33 Å². The Hall–Kier alpha value is -0.740. The van der Waals surface area contributed by atoms with Crippen LogP contribution in [0.1, 0.15) is 18.9 Å². The number of nitrogens with zero attached hydrogens (tertiary/aromatic N) is 2. The highest BCUT2D eigenvalue weighted by atomic mass is 35.5. The second kappa shape index (κ2) is 6.26. The van der Waals surface area contributed by atoms with Crippen molar-refractivity contribution in [2.45, 2.75) is 25.8 Å².